The van der Waals surface area contributed by atoms with Crippen molar-refractivity contribution < 1.29 is 9.59 Å². The number of carbonyl (C=O) groups is 2. The number of anilines is 1. The maximum Gasteiger partial charge on any atom is 0.265 e. The van der Waals surface area contributed by atoms with Crippen LogP contribution in [0.3, 0.4) is 0 Å². The molecule has 4 rings (SSSR count). The highest BCUT2D eigenvalue weighted by Crippen LogP contribution is 2.34. The lowest BCUT2D eigenvalue weighted by Gasteiger charge is -2.10. The Morgan fingerprint density at radius 3 is 2.48 bits per heavy atom. The first-order valence-electron chi connectivity index (χ1n) is 10.0. The lowest BCUT2D eigenvalue weighted by molar-refractivity contribution is 0.0974. The minimum Gasteiger partial charge on any atom is -0.321 e. The summed E-state index contributed by atoms with van der Waals surface area (Å²) in [5.41, 5.74) is 5.93. The van der Waals surface area contributed by atoms with Gasteiger partial charge in [-0.15, -0.1) is 11.3 Å². The quantitative estimate of drug-likeness (QED) is 0.473. The van der Waals surface area contributed by atoms with Crippen LogP contribution in [0.2, 0.25) is 0 Å². The number of nitrogens with one attached hydrogen (secondary N) is 1. The highest BCUT2D eigenvalue weighted by molar-refractivity contribution is 7.17. The second-order valence-corrected chi connectivity index (χ2v) is 9.12. The van der Waals surface area contributed by atoms with Gasteiger partial charge in [0.05, 0.1) is 4.88 Å². The van der Waals surface area contributed by atoms with Crippen molar-refractivity contribution in [3.05, 3.63) is 75.7 Å². The third-order valence-corrected chi connectivity index (χ3v) is 6.57. The molecule has 2 aromatic carbocycles. The maximum absolute atomic E-state index is 12.8. The van der Waals surface area contributed by atoms with Gasteiger partial charge in [0, 0.05) is 22.5 Å². The van der Waals surface area contributed by atoms with Crippen LogP contribution in [0.1, 0.15) is 56.0 Å². The maximum atomic E-state index is 12.8. The van der Waals surface area contributed by atoms with Crippen LogP contribution in [0.4, 0.5) is 5.69 Å². The highest BCUT2D eigenvalue weighted by Gasteiger charge is 2.25. The molecule has 1 aliphatic rings. The topological polar surface area (TPSA) is 46.2 Å². The molecule has 1 N–H and O–H groups in total. The number of hydrogen-bond acceptors (Lipinski definition) is 3. The van der Waals surface area contributed by atoms with Crippen LogP contribution < -0.4 is 5.32 Å². The zero-order valence-corrected chi connectivity index (χ0v) is 17.9. The SMILES string of the molecule is Cc1ccc(-c2ccc(C(=O)Nc3cc(C(=O)CC4CC4)ccc3C)s2)c(C)c1. The zero-order chi connectivity index (χ0) is 20.5. The Bertz CT molecular complexity index is 1090. The summed E-state index contributed by atoms with van der Waals surface area (Å²) in [5, 5.41) is 3.00. The van der Waals surface area contributed by atoms with Gasteiger partial charge in [0.2, 0.25) is 0 Å². The van der Waals surface area contributed by atoms with Crippen molar-refractivity contribution in [3.63, 3.8) is 0 Å². The summed E-state index contributed by atoms with van der Waals surface area (Å²) in [6, 6.07) is 15.8. The number of carbonyl (C=O) groups excluding carboxylic acids is 2. The lowest BCUT2D eigenvalue weighted by Crippen LogP contribution is -2.12. The van der Waals surface area contributed by atoms with E-state index in [-0.39, 0.29) is 11.7 Å². The Labute approximate surface area is 175 Å². The van der Waals surface area contributed by atoms with Crippen LogP contribution in [0.5, 0.6) is 0 Å². The van der Waals surface area contributed by atoms with Crippen molar-refractivity contribution in [2.75, 3.05) is 5.32 Å². The van der Waals surface area contributed by atoms with Crippen LogP contribution >= 0.6 is 11.3 Å². The fourth-order valence-electron chi connectivity index (χ4n) is 3.51. The van der Waals surface area contributed by atoms with E-state index in [0.29, 0.717) is 28.5 Å². The molecule has 0 saturated heterocycles. The predicted molar refractivity (Wildman–Crippen MR) is 120 cm³/mol. The molecular formula is C25H25NO2S. The molecule has 3 nitrogen and oxygen atoms in total. The summed E-state index contributed by atoms with van der Waals surface area (Å²) < 4.78 is 0. The van der Waals surface area contributed by atoms with Crippen molar-refractivity contribution in [2.24, 2.45) is 5.92 Å². The molecule has 29 heavy (non-hydrogen) atoms. The summed E-state index contributed by atoms with van der Waals surface area (Å²) in [7, 11) is 0. The number of Topliss-reactive ketones (excluding diaryl/α,β-unsaturated/α-hetero) is 1. The first-order chi connectivity index (χ1) is 13.9. The zero-order valence-electron chi connectivity index (χ0n) is 17.0. The minimum absolute atomic E-state index is 0.138. The van der Waals surface area contributed by atoms with Gasteiger partial charge in [0.1, 0.15) is 0 Å². The van der Waals surface area contributed by atoms with Gasteiger partial charge in [-0.1, -0.05) is 35.9 Å². The number of ketones is 1. The predicted octanol–water partition coefficient (Wildman–Crippen LogP) is 6.58. The monoisotopic (exact) mass is 403 g/mol. The van der Waals surface area contributed by atoms with E-state index in [4.69, 9.17) is 0 Å². The van der Waals surface area contributed by atoms with Gasteiger partial charge >= 0.3 is 0 Å². The van der Waals surface area contributed by atoms with Gasteiger partial charge < -0.3 is 5.32 Å². The molecule has 1 aliphatic carbocycles. The van der Waals surface area contributed by atoms with Crippen LogP contribution in [0.25, 0.3) is 10.4 Å². The van der Waals surface area contributed by atoms with Crippen LogP contribution in [-0.4, -0.2) is 11.7 Å². The van der Waals surface area contributed by atoms with Gasteiger partial charge in [0.25, 0.3) is 5.91 Å². The van der Waals surface area contributed by atoms with E-state index in [1.165, 1.54) is 22.5 Å². The summed E-state index contributed by atoms with van der Waals surface area (Å²) in [4.78, 5) is 27.0. The van der Waals surface area contributed by atoms with Crippen LogP contribution in [0, 0.1) is 26.7 Å². The number of rotatable bonds is 6. The van der Waals surface area contributed by atoms with Crippen molar-refractivity contribution in [1.82, 2.24) is 0 Å². The third kappa shape index (κ3) is 4.48. The van der Waals surface area contributed by atoms with E-state index in [1.807, 2.05) is 37.3 Å². The van der Waals surface area contributed by atoms with Gasteiger partial charge in [-0.25, -0.2) is 0 Å². The average molecular weight is 404 g/mol. The van der Waals surface area contributed by atoms with E-state index >= 15 is 0 Å². The summed E-state index contributed by atoms with van der Waals surface area (Å²) in [6.07, 6.45) is 2.92. The Kier molecular flexibility index (Phi) is 5.37. The largest absolute Gasteiger partial charge is 0.321 e. The van der Waals surface area contributed by atoms with E-state index in [2.05, 4.69) is 37.4 Å². The van der Waals surface area contributed by atoms with Gasteiger partial charge in [-0.05, 0) is 74.4 Å². The molecule has 1 fully saturated rings. The Morgan fingerprint density at radius 1 is 0.966 bits per heavy atom. The lowest BCUT2D eigenvalue weighted by atomic mass is 10.0. The summed E-state index contributed by atoms with van der Waals surface area (Å²) >= 11 is 1.49. The number of benzene rings is 2. The third-order valence-electron chi connectivity index (χ3n) is 5.46. The molecule has 0 aliphatic heterocycles. The molecule has 0 unspecified atom stereocenters. The first-order valence-corrected chi connectivity index (χ1v) is 10.8. The van der Waals surface area contributed by atoms with Crippen molar-refractivity contribution in [1.29, 1.82) is 0 Å². The standard InChI is InChI=1S/C25H25NO2S/c1-15-4-9-20(17(3)12-15)23-10-11-24(29-23)25(28)26-21-14-19(8-5-16(21)2)22(27)13-18-6-7-18/h4-5,8-12,14,18H,6-7,13H2,1-3H3,(H,26,28). The smallest absolute Gasteiger partial charge is 0.265 e. The molecule has 148 valence electrons. The Hall–Kier alpha value is -2.72. The van der Waals surface area contributed by atoms with E-state index in [0.717, 1.165) is 28.8 Å². The minimum atomic E-state index is -0.138. The molecule has 0 bridgehead atoms. The number of thiophene rings is 1. The van der Waals surface area contributed by atoms with Crippen LogP contribution in [0.15, 0.2) is 48.5 Å². The first kappa shape index (κ1) is 19.6. The van der Waals surface area contributed by atoms with Crippen molar-refractivity contribution in [3.8, 4) is 10.4 Å². The molecule has 0 radical (unpaired) electrons. The Balaban J connectivity index is 1.52. The normalized spacial score (nSPS) is 13.3. The second kappa shape index (κ2) is 7.96. The fourth-order valence-corrected chi connectivity index (χ4v) is 4.50. The molecule has 0 spiro atoms. The van der Waals surface area contributed by atoms with Gasteiger partial charge in [-0.2, -0.15) is 0 Å². The number of amides is 1. The average Bonchev–Trinajstić information content (AvgIpc) is 3.35. The van der Waals surface area contributed by atoms with E-state index in [9.17, 15) is 9.59 Å². The van der Waals surface area contributed by atoms with Gasteiger partial charge in [-0.3, -0.25) is 9.59 Å². The molecule has 1 heterocycles. The molecule has 0 atom stereocenters. The van der Waals surface area contributed by atoms with Crippen molar-refractivity contribution >= 4 is 28.7 Å². The fraction of sp³-hybridized carbons (Fsp3) is 0.280. The second-order valence-electron chi connectivity index (χ2n) is 8.04. The molecular weight excluding hydrogens is 378 g/mol. The van der Waals surface area contributed by atoms with Crippen LogP contribution in [-0.2, 0) is 0 Å². The number of aryl methyl sites for hydroxylation is 3. The molecule has 4 heteroatoms. The molecule has 1 amide bonds. The van der Waals surface area contributed by atoms with E-state index < -0.39 is 0 Å². The summed E-state index contributed by atoms with van der Waals surface area (Å²) in [6.45, 7) is 6.12. The summed E-state index contributed by atoms with van der Waals surface area (Å²) in [5.74, 6) is 0.578. The molecule has 1 saturated carbocycles. The Morgan fingerprint density at radius 2 is 1.76 bits per heavy atom. The molecule has 1 aromatic heterocycles. The van der Waals surface area contributed by atoms with E-state index in [1.54, 1.807) is 0 Å². The highest BCUT2D eigenvalue weighted by atomic mass is 32.1. The number of hydrogen-bond donors (Lipinski definition) is 1. The van der Waals surface area contributed by atoms with Crippen molar-refractivity contribution in [2.45, 2.75) is 40.0 Å². The van der Waals surface area contributed by atoms with Gasteiger partial charge in [0.15, 0.2) is 5.78 Å². The molecule has 3 aromatic rings.